The van der Waals surface area contributed by atoms with Crippen LogP contribution in [0.3, 0.4) is 0 Å². The van der Waals surface area contributed by atoms with Crippen molar-refractivity contribution in [3.05, 3.63) is 42.5 Å². The summed E-state index contributed by atoms with van der Waals surface area (Å²) in [5.41, 5.74) is -0.583. The smallest absolute Gasteiger partial charge is 0.408 e. The molecule has 0 heterocycles. The number of carbonyl (C=O) groups is 4. The summed E-state index contributed by atoms with van der Waals surface area (Å²) >= 11 is 0. The van der Waals surface area contributed by atoms with Gasteiger partial charge in [-0.25, -0.2) is 4.79 Å². The molecular formula is C27H41N3O7. The predicted molar refractivity (Wildman–Crippen MR) is 140 cm³/mol. The van der Waals surface area contributed by atoms with Gasteiger partial charge in [-0.15, -0.1) is 6.58 Å². The lowest BCUT2D eigenvalue weighted by Crippen LogP contribution is -2.53. The van der Waals surface area contributed by atoms with Crippen LogP contribution in [0, 0.1) is 5.92 Å². The molecule has 0 fully saturated rings. The molecule has 10 heteroatoms. The standard InChI is InChI=1S/C27H41N3O7/c1-8-16-30(25(34)20(17-18(3)4)29-26(35)37-27(5,6)7)23(19-12-10-11-13-21(19)31)24(33)28-15-14-22(32)36-9-2/h8,10-13,18,20,23,31H,1,9,14-17H2,2-7H3,(H,28,33)(H,29,35). The monoisotopic (exact) mass is 519 g/mol. The Labute approximate surface area is 219 Å². The molecule has 2 atom stereocenters. The van der Waals surface area contributed by atoms with Crippen LogP contribution < -0.4 is 10.6 Å². The molecule has 0 aliphatic carbocycles. The second-order valence-corrected chi connectivity index (χ2v) is 9.92. The molecular weight excluding hydrogens is 478 g/mol. The number of benzene rings is 1. The highest BCUT2D eigenvalue weighted by Gasteiger charge is 2.37. The largest absolute Gasteiger partial charge is 0.508 e. The maximum Gasteiger partial charge on any atom is 0.408 e. The Morgan fingerprint density at radius 3 is 2.35 bits per heavy atom. The van der Waals surface area contributed by atoms with Gasteiger partial charge in [0.05, 0.1) is 13.0 Å². The number of para-hydroxylation sites is 1. The molecule has 206 valence electrons. The number of nitrogens with zero attached hydrogens (tertiary/aromatic N) is 1. The molecule has 0 aliphatic heterocycles. The third-order valence-electron chi connectivity index (χ3n) is 5.03. The van der Waals surface area contributed by atoms with Crippen molar-refractivity contribution >= 4 is 23.9 Å². The number of phenolic OH excluding ortho intramolecular Hbond substituents is 1. The van der Waals surface area contributed by atoms with E-state index in [1.165, 1.54) is 23.1 Å². The number of alkyl carbamates (subject to hydrolysis) is 1. The molecule has 2 unspecified atom stereocenters. The zero-order valence-electron chi connectivity index (χ0n) is 22.7. The van der Waals surface area contributed by atoms with Gasteiger partial charge in [-0.2, -0.15) is 0 Å². The second-order valence-electron chi connectivity index (χ2n) is 9.92. The van der Waals surface area contributed by atoms with Crippen LogP contribution in [0.4, 0.5) is 4.79 Å². The Hall–Kier alpha value is -3.56. The lowest BCUT2D eigenvalue weighted by atomic mass is 9.98. The van der Waals surface area contributed by atoms with E-state index in [1.54, 1.807) is 39.8 Å². The van der Waals surface area contributed by atoms with E-state index < -0.39 is 41.6 Å². The number of nitrogens with one attached hydrogen (secondary N) is 2. The van der Waals surface area contributed by atoms with Gasteiger partial charge < -0.3 is 30.1 Å². The van der Waals surface area contributed by atoms with Gasteiger partial charge in [0.25, 0.3) is 0 Å². The minimum atomic E-state index is -1.26. The molecule has 3 N–H and O–H groups in total. The van der Waals surface area contributed by atoms with Crippen molar-refractivity contribution in [2.24, 2.45) is 5.92 Å². The van der Waals surface area contributed by atoms with Crippen LogP contribution in [0.1, 0.15) is 66.0 Å². The molecule has 1 aromatic carbocycles. The van der Waals surface area contributed by atoms with Crippen LogP contribution in [0.25, 0.3) is 0 Å². The lowest BCUT2D eigenvalue weighted by molar-refractivity contribution is -0.144. The lowest BCUT2D eigenvalue weighted by Gasteiger charge is -2.34. The van der Waals surface area contributed by atoms with E-state index in [0.717, 1.165) is 0 Å². The fraction of sp³-hybridized carbons (Fsp3) is 0.556. The van der Waals surface area contributed by atoms with Crippen LogP contribution in [-0.4, -0.2) is 65.2 Å². The van der Waals surface area contributed by atoms with Crippen molar-refractivity contribution in [3.8, 4) is 5.75 Å². The number of rotatable bonds is 13. The van der Waals surface area contributed by atoms with E-state index in [1.807, 2.05) is 13.8 Å². The minimum Gasteiger partial charge on any atom is -0.508 e. The van der Waals surface area contributed by atoms with Gasteiger partial charge in [-0.1, -0.05) is 38.1 Å². The van der Waals surface area contributed by atoms with E-state index in [2.05, 4.69) is 17.2 Å². The van der Waals surface area contributed by atoms with Crippen molar-refractivity contribution in [1.82, 2.24) is 15.5 Å². The average Bonchev–Trinajstić information content (AvgIpc) is 2.77. The van der Waals surface area contributed by atoms with Gasteiger partial charge in [0.2, 0.25) is 11.8 Å². The number of ether oxygens (including phenoxy) is 2. The van der Waals surface area contributed by atoms with Crippen LogP contribution in [-0.2, 0) is 23.9 Å². The fourth-order valence-electron chi connectivity index (χ4n) is 3.59. The highest BCUT2D eigenvalue weighted by molar-refractivity contribution is 5.92. The topological polar surface area (TPSA) is 134 Å². The van der Waals surface area contributed by atoms with Gasteiger partial charge in [-0.05, 0) is 46.1 Å². The van der Waals surface area contributed by atoms with Crippen molar-refractivity contribution in [3.63, 3.8) is 0 Å². The Balaban J connectivity index is 3.36. The molecule has 1 rings (SSSR count). The zero-order valence-corrected chi connectivity index (χ0v) is 22.7. The molecule has 0 aliphatic rings. The highest BCUT2D eigenvalue weighted by atomic mass is 16.6. The van der Waals surface area contributed by atoms with Crippen molar-refractivity contribution in [2.75, 3.05) is 19.7 Å². The van der Waals surface area contributed by atoms with Gasteiger partial charge in [0, 0.05) is 18.7 Å². The summed E-state index contributed by atoms with van der Waals surface area (Å²) in [6.45, 7) is 14.5. The Bertz CT molecular complexity index is 940. The number of amides is 3. The summed E-state index contributed by atoms with van der Waals surface area (Å²) in [5.74, 6) is -1.79. The van der Waals surface area contributed by atoms with Gasteiger partial charge in [0.1, 0.15) is 23.4 Å². The summed E-state index contributed by atoms with van der Waals surface area (Å²) in [5, 5.41) is 15.8. The molecule has 37 heavy (non-hydrogen) atoms. The molecule has 0 aromatic heterocycles. The minimum absolute atomic E-state index is 0.0243. The fourth-order valence-corrected chi connectivity index (χ4v) is 3.59. The second kappa shape index (κ2) is 14.9. The highest BCUT2D eigenvalue weighted by Crippen LogP contribution is 2.30. The molecule has 0 saturated carbocycles. The normalized spacial score (nSPS) is 12.7. The van der Waals surface area contributed by atoms with E-state index in [4.69, 9.17) is 9.47 Å². The van der Waals surface area contributed by atoms with E-state index in [0.29, 0.717) is 0 Å². The summed E-state index contributed by atoms with van der Waals surface area (Å²) in [6.07, 6.45) is 0.919. The number of esters is 1. The summed E-state index contributed by atoms with van der Waals surface area (Å²) in [7, 11) is 0. The van der Waals surface area contributed by atoms with Crippen LogP contribution in [0.2, 0.25) is 0 Å². The summed E-state index contributed by atoms with van der Waals surface area (Å²) < 4.78 is 10.2. The number of carbonyl (C=O) groups excluding carboxylic acids is 4. The van der Waals surface area contributed by atoms with Gasteiger partial charge in [-0.3, -0.25) is 14.4 Å². The first-order chi connectivity index (χ1) is 17.3. The average molecular weight is 520 g/mol. The number of aromatic hydroxyl groups is 1. The SMILES string of the molecule is C=CCN(C(=O)C(CC(C)C)NC(=O)OC(C)(C)C)C(C(=O)NCCC(=O)OCC)c1ccccc1O. The number of hydrogen-bond acceptors (Lipinski definition) is 7. The van der Waals surface area contributed by atoms with Gasteiger partial charge >= 0.3 is 12.1 Å². The van der Waals surface area contributed by atoms with Crippen molar-refractivity contribution in [1.29, 1.82) is 0 Å². The van der Waals surface area contributed by atoms with Crippen LogP contribution in [0.15, 0.2) is 36.9 Å². The molecule has 10 nitrogen and oxygen atoms in total. The maximum absolute atomic E-state index is 13.8. The Kier molecular flexibility index (Phi) is 12.6. The Morgan fingerprint density at radius 1 is 1.16 bits per heavy atom. The third kappa shape index (κ3) is 10.9. The molecule has 0 bridgehead atoms. The number of hydrogen-bond donors (Lipinski definition) is 3. The van der Waals surface area contributed by atoms with Crippen LogP contribution >= 0.6 is 0 Å². The zero-order chi connectivity index (χ0) is 28.2. The first-order valence-electron chi connectivity index (χ1n) is 12.4. The quantitative estimate of drug-likeness (QED) is 0.268. The summed E-state index contributed by atoms with van der Waals surface area (Å²) in [4.78, 5) is 52.7. The first kappa shape index (κ1) is 31.5. The predicted octanol–water partition coefficient (Wildman–Crippen LogP) is 3.46. The Morgan fingerprint density at radius 2 is 1.81 bits per heavy atom. The van der Waals surface area contributed by atoms with Gasteiger partial charge in [0.15, 0.2) is 0 Å². The molecule has 0 spiro atoms. The summed E-state index contributed by atoms with van der Waals surface area (Å²) in [6, 6.07) is 3.91. The third-order valence-corrected chi connectivity index (χ3v) is 5.03. The van der Waals surface area contributed by atoms with E-state index >= 15 is 0 Å². The number of phenols is 1. The van der Waals surface area contributed by atoms with Crippen molar-refractivity contribution in [2.45, 2.75) is 72.1 Å². The first-order valence-corrected chi connectivity index (χ1v) is 12.4. The molecule has 3 amide bonds. The molecule has 0 saturated heterocycles. The molecule has 0 radical (unpaired) electrons. The molecule has 1 aromatic rings. The van der Waals surface area contributed by atoms with Crippen molar-refractivity contribution < 1.29 is 33.8 Å². The van der Waals surface area contributed by atoms with E-state index in [-0.39, 0.29) is 49.8 Å². The maximum atomic E-state index is 13.8. The van der Waals surface area contributed by atoms with Crippen LogP contribution in [0.5, 0.6) is 5.75 Å². The van der Waals surface area contributed by atoms with E-state index in [9.17, 15) is 24.3 Å².